The van der Waals surface area contributed by atoms with Gasteiger partial charge in [0.25, 0.3) is 5.91 Å². The quantitative estimate of drug-likeness (QED) is 0.904. The van der Waals surface area contributed by atoms with Gasteiger partial charge in [0.05, 0.1) is 6.10 Å². The van der Waals surface area contributed by atoms with Crippen LogP contribution in [0.3, 0.4) is 0 Å². The lowest BCUT2D eigenvalue weighted by Crippen LogP contribution is -2.40. The maximum Gasteiger partial charge on any atom is 0.260 e. The van der Waals surface area contributed by atoms with Crippen LogP contribution in [0.5, 0.6) is 5.75 Å². The van der Waals surface area contributed by atoms with Crippen molar-refractivity contribution in [2.75, 3.05) is 13.2 Å². The van der Waals surface area contributed by atoms with Gasteiger partial charge in [0.15, 0.2) is 6.10 Å². The van der Waals surface area contributed by atoms with Crippen molar-refractivity contribution < 1.29 is 14.3 Å². The van der Waals surface area contributed by atoms with Crippen LogP contribution < -0.4 is 10.1 Å². The lowest BCUT2D eigenvalue weighted by atomic mass is 10.1. The summed E-state index contributed by atoms with van der Waals surface area (Å²) < 4.78 is 11.3. The average Bonchev–Trinajstić information content (AvgIpc) is 3.15. The summed E-state index contributed by atoms with van der Waals surface area (Å²) in [6.07, 6.45) is 5.30. The molecule has 1 amide bonds. The highest BCUT2D eigenvalue weighted by Gasteiger charge is 2.20. The zero-order valence-corrected chi connectivity index (χ0v) is 12.6. The second kappa shape index (κ2) is 6.48. The van der Waals surface area contributed by atoms with Crippen molar-refractivity contribution >= 4 is 5.91 Å². The minimum Gasteiger partial charge on any atom is -0.481 e. The summed E-state index contributed by atoms with van der Waals surface area (Å²) in [4.78, 5) is 12.0. The predicted molar refractivity (Wildman–Crippen MR) is 80.5 cm³/mol. The largest absolute Gasteiger partial charge is 0.481 e. The fourth-order valence-electron chi connectivity index (χ4n) is 3.04. The number of ether oxygens (including phenoxy) is 2. The molecule has 1 aliphatic carbocycles. The minimum atomic E-state index is -0.481. The van der Waals surface area contributed by atoms with Crippen LogP contribution in [0.4, 0.5) is 0 Å². The molecule has 0 bridgehead atoms. The maximum atomic E-state index is 12.0. The lowest BCUT2D eigenvalue weighted by Gasteiger charge is -2.17. The third kappa shape index (κ3) is 3.56. The van der Waals surface area contributed by atoms with Crippen molar-refractivity contribution in [3.63, 3.8) is 0 Å². The smallest absolute Gasteiger partial charge is 0.260 e. The molecule has 1 aromatic carbocycles. The van der Waals surface area contributed by atoms with E-state index in [0.717, 1.165) is 38.0 Å². The van der Waals surface area contributed by atoms with E-state index in [9.17, 15) is 4.79 Å². The average molecular weight is 289 g/mol. The normalized spacial score (nSPS) is 21.9. The summed E-state index contributed by atoms with van der Waals surface area (Å²) in [5.74, 6) is 0.710. The Kier molecular flexibility index (Phi) is 4.44. The highest BCUT2D eigenvalue weighted by Crippen LogP contribution is 2.26. The van der Waals surface area contributed by atoms with Crippen LogP contribution in [0.15, 0.2) is 18.2 Å². The Balaban J connectivity index is 1.50. The molecule has 0 radical (unpaired) electrons. The topological polar surface area (TPSA) is 47.6 Å². The molecule has 0 aromatic heterocycles. The van der Waals surface area contributed by atoms with E-state index in [1.165, 1.54) is 17.5 Å². The fraction of sp³-hybridized carbons (Fsp3) is 0.588. The number of carbonyl (C=O) groups excluding carboxylic acids is 1. The highest BCUT2D eigenvalue weighted by molar-refractivity contribution is 5.80. The first-order valence-electron chi connectivity index (χ1n) is 7.90. The molecule has 1 saturated heterocycles. The van der Waals surface area contributed by atoms with Gasteiger partial charge in [-0.15, -0.1) is 0 Å². The van der Waals surface area contributed by atoms with Crippen LogP contribution in [0, 0.1) is 0 Å². The van der Waals surface area contributed by atoms with Gasteiger partial charge < -0.3 is 14.8 Å². The SMILES string of the molecule is C[C@@H](Oc1ccc2c(c1)CCC2)C(=O)NC[C@H]1CCCO1. The zero-order valence-electron chi connectivity index (χ0n) is 12.6. The molecule has 1 heterocycles. The van der Waals surface area contributed by atoms with Gasteiger partial charge in [0.1, 0.15) is 5.75 Å². The van der Waals surface area contributed by atoms with Gasteiger partial charge in [-0.25, -0.2) is 0 Å². The van der Waals surface area contributed by atoms with Gasteiger partial charge in [0.2, 0.25) is 0 Å². The second-order valence-electron chi connectivity index (χ2n) is 5.92. The molecular formula is C17H23NO3. The molecule has 1 fully saturated rings. The van der Waals surface area contributed by atoms with Crippen molar-refractivity contribution in [1.29, 1.82) is 0 Å². The van der Waals surface area contributed by atoms with Crippen LogP contribution in [0.2, 0.25) is 0 Å². The van der Waals surface area contributed by atoms with Crippen LogP contribution >= 0.6 is 0 Å². The number of rotatable bonds is 5. The number of amides is 1. The number of fused-ring (bicyclic) bond motifs is 1. The van der Waals surface area contributed by atoms with Crippen LogP contribution in [0.1, 0.15) is 37.3 Å². The van der Waals surface area contributed by atoms with E-state index in [4.69, 9.17) is 9.47 Å². The van der Waals surface area contributed by atoms with E-state index in [2.05, 4.69) is 17.4 Å². The summed E-state index contributed by atoms with van der Waals surface area (Å²) in [6.45, 7) is 3.18. The Morgan fingerprint density at radius 3 is 3.05 bits per heavy atom. The molecule has 0 saturated carbocycles. The van der Waals surface area contributed by atoms with Gasteiger partial charge in [-0.05, 0) is 62.3 Å². The standard InChI is InChI=1S/C17H23NO3/c1-12(17(19)18-11-16-6-3-9-20-16)21-15-8-7-13-4-2-5-14(13)10-15/h7-8,10,12,16H,2-6,9,11H2,1H3,(H,18,19)/t12-,16-/m1/s1. The number of hydrogen-bond donors (Lipinski definition) is 1. The number of nitrogens with one attached hydrogen (secondary N) is 1. The second-order valence-corrected chi connectivity index (χ2v) is 5.92. The van der Waals surface area contributed by atoms with Crippen LogP contribution in [-0.4, -0.2) is 31.3 Å². The number of aryl methyl sites for hydroxylation is 2. The summed E-state index contributed by atoms with van der Waals surface area (Å²) in [6, 6.07) is 6.16. The van der Waals surface area contributed by atoms with Crippen molar-refractivity contribution in [2.45, 2.75) is 51.2 Å². The molecular weight excluding hydrogens is 266 g/mol. The highest BCUT2D eigenvalue weighted by atomic mass is 16.5. The molecule has 2 atom stereocenters. The Hall–Kier alpha value is -1.55. The molecule has 2 aliphatic rings. The Labute approximate surface area is 125 Å². The third-order valence-electron chi connectivity index (χ3n) is 4.28. The Morgan fingerprint density at radius 1 is 1.38 bits per heavy atom. The number of hydrogen-bond acceptors (Lipinski definition) is 3. The zero-order chi connectivity index (χ0) is 14.7. The summed E-state index contributed by atoms with van der Waals surface area (Å²) in [5, 5.41) is 2.91. The minimum absolute atomic E-state index is 0.0778. The molecule has 0 unspecified atom stereocenters. The molecule has 0 spiro atoms. The number of benzene rings is 1. The van der Waals surface area contributed by atoms with E-state index in [0.29, 0.717) is 6.54 Å². The molecule has 1 aliphatic heterocycles. The monoisotopic (exact) mass is 289 g/mol. The Morgan fingerprint density at radius 2 is 2.24 bits per heavy atom. The van der Waals surface area contributed by atoms with Crippen LogP contribution in [0.25, 0.3) is 0 Å². The molecule has 4 nitrogen and oxygen atoms in total. The number of carbonyl (C=O) groups is 1. The summed E-state index contributed by atoms with van der Waals surface area (Å²) >= 11 is 0. The molecule has 4 heteroatoms. The van der Waals surface area contributed by atoms with Gasteiger partial charge in [-0.2, -0.15) is 0 Å². The van der Waals surface area contributed by atoms with E-state index in [-0.39, 0.29) is 12.0 Å². The maximum absolute atomic E-state index is 12.0. The van der Waals surface area contributed by atoms with E-state index in [1.54, 1.807) is 6.92 Å². The van der Waals surface area contributed by atoms with Crippen LogP contribution in [-0.2, 0) is 22.4 Å². The first-order chi connectivity index (χ1) is 10.2. The molecule has 114 valence electrons. The first kappa shape index (κ1) is 14.4. The van der Waals surface area contributed by atoms with Crippen molar-refractivity contribution in [2.24, 2.45) is 0 Å². The van der Waals surface area contributed by atoms with Gasteiger partial charge in [-0.1, -0.05) is 6.07 Å². The molecule has 1 N–H and O–H groups in total. The molecule has 21 heavy (non-hydrogen) atoms. The van der Waals surface area contributed by atoms with E-state index < -0.39 is 6.10 Å². The van der Waals surface area contributed by atoms with E-state index >= 15 is 0 Å². The molecule has 1 aromatic rings. The van der Waals surface area contributed by atoms with Crippen molar-refractivity contribution in [3.8, 4) is 5.75 Å². The predicted octanol–water partition coefficient (Wildman–Crippen LogP) is 2.24. The Bertz CT molecular complexity index is 509. The van der Waals surface area contributed by atoms with Gasteiger partial charge >= 0.3 is 0 Å². The van der Waals surface area contributed by atoms with Gasteiger partial charge in [0, 0.05) is 13.2 Å². The van der Waals surface area contributed by atoms with E-state index in [1.807, 2.05) is 6.07 Å². The lowest BCUT2D eigenvalue weighted by molar-refractivity contribution is -0.127. The first-order valence-corrected chi connectivity index (χ1v) is 7.90. The fourth-order valence-corrected chi connectivity index (χ4v) is 3.04. The summed E-state index contributed by atoms with van der Waals surface area (Å²) in [5.41, 5.74) is 2.78. The van der Waals surface area contributed by atoms with Crippen molar-refractivity contribution in [1.82, 2.24) is 5.32 Å². The van der Waals surface area contributed by atoms with Gasteiger partial charge in [-0.3, -0.25) is 4.79 Å². The molecule has 3 rings (SSSR count). The third-order valence-corrected chi connectivity index (χ3v) is 4.28. The summed E-state index contributed by atoms with van der Waals surface area (Å²) in [7, 11) is 0. The van der Waals surface area contributed by atoms with Crippen molar-refractivity contribution in [3.05, 3.63) is 29.3 Å².